The van der Waals surface area contributed by atoms with Gasteiger partial charge in [-0.05, 0) is 12.8 Å². The van der Waals surface area contributed by atoms with Crippen LogP contribution in [-0.4, -0.2) is 11.5 Å². The van der Waals surface area contributed by atoms with Gasteiger partial charge >= 0.3 is 0 Å². The molecule has 0 aliphatic rings. The van der Waals surface area contributed by atoms with Crippen LogP contribution in [0.1, 0.15) is 71.6 Å². The second-order valence-corrected chi connectivity index (χ2v) is 6.82. The van der Waals surface area contributed by atoms with Crippen molar-refractivity contribution in [1.29, 1.82) is 0 Å². The Morgan fingerprint density at radius 3 is 1.40 bits per heavy atom. The Hall–Kier alpha value is 0.700. The average molecular weight is 249 g/mol. The summed E-state index contributed by atoms with van der Waals surface area (Å²) in [6.45, 7) is 4.55. The molecule has 0 aliphatic heterocycles. The Morgan fingerprint density at radius 1 is 0.533 bits per heavy atom. The zero-order chi connectivity index (χ0) is 11.2. The zero-order valence-electron chi connectivity index (χ0n) is 10.6. The summed E-state index contributed by atoms with van der Waals surface area (Å²) in [6.07, 6.45) is 12.7. The van der Waals surface area contributed by atoms with Gasteiger partial charge in [0.1, 0.15) is 0 Å². The predicted molar refractivity (Wildman–Crippen MR) is 77.8 cm³/mol. The first-order valence-electron chi connectivity index (χ1n) is 6.66. The number of hydrogen-bond donors (Lipinski definition) is 0. The van der Waals surface area contributed by atoms with Crippen LogP contribution in [0.4, 0.5) is 0 Å². The van der Waals surface area contributed by atoms with Crippen molar-refractivity contribution in [3.63, 3.8) is 0 Å². The van der Waals surface area contributed by atoms with E-state index >= 15 is 0 Å². The molecule has 0 nitrogen and oxygen atoms in total. The second-order valence-electron chi connectivity index (χ2n) is 4.12. The fourth-order valence-corrected chi connectivity index (χ4v) is 3.76. The predicted octanol–water partition coefficient (Wildman–Crippen LogP) is 5.92. The van der Waals surface area contributed by atoms with Crippen molar-refractivity contribution >= 4 is 21.6 Å². The molecule has 0 saturated carbocycles. The van der Waals surface area contributed by atoms with E-state index in [0.29, 0.717) is 0 Å². The van der Waals surface area contributed by atoms with E-state index in [1.54, 1.807) is 0 Å². The maximum atomic E-state index is 2.28. The molecule has 0 fully saturated rings. The molecule has 2 heteroatoms. The summed E-state index contributed by atoms with van der Waals surface area (Å²) < 4.78 is 0. The van der Waals surface area contributed by atoms with Crippen LogP contribution in [0.3, 0.4) is 0 Å². The van der Waals surface area contributed by atoms with E-state index in [-0.39, 0.29) is 0 Å². The van der Waals surface area contributed by atoms with Crippen LogP contribution in [0.15, 0.2) is 0 Å². The molecule has 0 bridgehead atoms. The van der Waals surface area contributed by atoms with E-state index in [1.807, 2.05) is 0 Å². The van der Waals surface area contributed by atoms with Crippen LogP contribution in [0.25, 0.3) is 0 Å². The maximum absolute atomic E-state index is 2.28. The third kappa shape index (κ3) is 14.7. The standard InChI is InChI=1S/C13H28S2/c1-3-5-7-9-11-13-15-14-12-10-8-6-4-2/h3-13H2,1-2H3. The number of unbranched alkanes of at least 4 members (excludes halogenated alkanes) is 7. The Kier molecular flexibility index (Phi) is 15.4. The number of hydrogen-bond acceptors (Lipinski definition) is 2. The van der Waals surface area contributed by atoms with Gasteiger partial charge in [0.05, 0.1) is 0 Å². The molecule has 0 aliphatic carbocycles. The van der Waals surface area contributed by atoms with Gasteiger partial charge in [0.15, 0.2) is 0 Å². The van der Waals surface area contributed by atoms with E-state index in [1.165, 1.54) is 69.3 Å². The van der Waals surface area contributed by atoms with Crippen LogP contribution >= 0.6 is 21.6 Å². The molecule has 0 aromatic carbocycles. The second kappa shape index (κ2) is 14.7. The molecular weight excluding hydrogens is 220 g/mol. The summed E-state index contributed by atoms with van der Waals surface area (Å²) in [5.41, 5.74) is 0. The van der Waals surface area contributed by atoms with Gasteiger partial charge in [0.25, 0.3) is 0 Å². The molecule has 0 N–H and O–H groups in total. The van der Waals surface area contributed by atoms with Gasteiger partial charge in [0, 0.05) is 11.5 Å². The zero-order valence-corrected chi connectivity index (χ0v) is 12.2. The lowest BCUT2D eigenvalue weighted by molar-refractivity contribution is 0.660. The summed E-state index contributed by atoms with van der Waals surface area (Å²) in [5.74, 6) is 2.72. The van der Waals surface area contributed by atoms with Gasteiger partial charge < -0.3 is 0 Å². The van der Waals surface area contributed by atoms with Crippen molar-refractivity contribution in [2.24, 2.45) is 0 Å². The van der Waals surface area contributed by atoms with Gasteiger partial charge in [-0.25, -0.2) is 0 Å². The van der Waals surface area contributed by atoms with Crippen LogP contribution in [0, 0.1) is 0 Å². The van der Waals surface area contributed by atoms with E-state index in [9.17, 15) is 0 Å². The van der Waals surface area contributed by atoms with Crippen molar-refractivity contribution in [3.05, 3.63) is 0 Å². The maximum Gasteiger partial charge on any atom is 0.00369 e. The van der Waals surface area contributed by atoms with Gasteiger partial charge in [-0.1, -0.05) is 80.4 Å². The molecule has 0 unspecified atom stereocenters. The molecule has 15 heavy (non-hydrogen) atoms. The quantitative estimate of drug-likeness (QED) is 0.311. The normalized spacial score (nSPS) is 10.8. The van der Waals surface area contributed by atoms with Crippen LogP contribution in [0.5, 0.6) is 0 Å². The summed E-state index contributed by atoms with van der Waals surface area (Å²) in [5, 5.41) is 0. The lowest BCUT2D eigenvalue weighted by Gasteiger charge is -2.01. The molecule has 0 radical (unpaired) electrons. The van der Waals surface area contributed by atoms with Gasteiger partial charge in [-0.3, -0.25) is 0 Å². The molecule has 0 amide bonds. The lowest BCUT2D eigenvalue weighted by Crippen LogP contribution is -1.81. The van der Waals surface area contributed by atoms with Crippen molar-refractivity contribution in [2.45, 2.75) is 71.6 Å². The van der Waals surface area contributed by atoms with Crippen molar-refractivity contribution in [2.75, 3.05) is 11.5 Å². The number of rotatable bonds is 12. The molecule has 0 spiro atoms. The Labute approximate surface area is 105 Å². The molecule has 0 aromatic heterocycles. The molecule has 0 saturated heterocycles. The fraction of sp³-hybridized carbons (Fsp3) is 1.00. The minimum atomic E-state index is 1.36. The monoisotopic (exact) mass is 248 g/mol. The first-order chi connectivity index (χ1) is 7.41. The SMILES string of the molecule is CCCCCCCSSCCCCCC. The smallest absolute Gasteiger partial charge is 0.00369 e. The topological polar surface area (TPSA) is 0 Å². The molecular formula is C13H28S2. The van der Waals surface area contributed by atoms with Crippen molar-refractivity contribution in [3.8, 4) is 0 Å². The highest BCUT2D eigenvalue weighted by Crippen LogP contribution is 2.24. The first kappa shape index (κ1) is 15.7. The fourth-order valence-electron chi connectivity index (χ4n) is 1.47. The molecule has 0 atom stereocenters. The molecule has 0 rings (SSSR count). The van der Waals surface area contributed by atoms with Gasteiger partial charge in [0.2, 0.25) is 0 Å². The Morgan fingerprint density at radius 2 is 0.933 bits per heavy atom. The minimum absolute atomic E-state index is 1.36. The average Bonchev–Trinajstić information content (AvgIpc) is 2.26. The van der Waals surface area contributed by atoms with E-state index in [4.69, 9.17) is 0 Å². The Balaban J connectivity index is 2.81. The molecule has 0 aromatic rings. The van der Waals surface area contributed by atoms with E-state index < -0.39 is 0 Å². The molecule has 0 heterocycles. The van der Waals surface area contributed by atoms with Crippen molar-refractivity contribution in [1.82, 2.24) is 0 Å². The highest BCUT2D eigenvalue weighted by Gasteiger charge is 1.92. The van der Waals surface area contributed by atoms with Crippen molar-refractivity contribution < 1.29 is 0 Å². The summed E-state index contributed by atoms with van der Waals surface area (Å²) in [6, 6.07) is 0. The third-order valence-corrected chi connectivity index (χ3v) is 5.07. The largest absolute Gasteiger partial charge is 0.0942 e. The van der Waals surface area contributed by atoms with Crippen LogP contribution < -0.4 is 0 Å². The van der Waals surface area contributed by atoms with E-state index in [0.717, 1.165) is 0 Å². The lowest BCUT2D eigenvalue weighted by atomic mass is 10.2. The Bertz CT molecular complexity index is 92.7. The summed E-state index contributed by atoms with van der Waals surface area (Å²) in [4.78, 5) is 0. The summed E-state index contributed by atoms with van der Waals surface area (Å²) >= 11 is 0. The molecule has 92 valence electrons. The third-order valence-electron chi connectivity index (χ3n) is 2.50. The highest BCUT2D eigenvalue weighted by atomic mass is 33.1. The van der Waals surface area contributed by atoms with Gasteiger partial charge in [-0.2, -0.15) is 0 Å². The van der Waals surface area contributed by atoms with Crippen LogP contribution in [-0.2, 0) is 0 Å². The minimum Gasteiger partial charge on any atom is -0.0942 e. The first-order valence-corrected chi connectivity index (χ1v) is 9.15. The van der Waals surface area contributed by atoms with Gasteiger partial charge in [-0.15, -0.1) is 0 Å². The summed E-state index contributed by atoms with van der Waals surface area (Å²) in [7, 11) is 4.17. The highest BCUT2D eigenvalue weighted by molar-refractivity contribution is 8.76. The van der Waals surface area contributed by atoms with E-state index in [2.05, 4.69) is 35.4 Å². The van der Waals surface area contributed by atoms with Crippen LogP contribution in [0.2, 0.25) is 0 Å².